The maximum atomic E-state index is 12.1. The Bertz CT molecular complexity index is 620. The number of aliphatic imine (C=N–C) groups is 1. The third-order valence-electron chi connectivity index (χ3n) is 3.61. The zero-order valence-electron chi connectivity index (χ0n) is 15.4. The topological polar surface area (TPSA) is 70.6 Å². The van der Waals surface area contributed by atoms with Gasteiger partial charge in [0.2, 0.25) is 0 Å². The summed E-state index contributed by atoms with van der Waals surface area (Å²) >= 11 is 1.79. The van der Waals surface area contributed by atoms with Crippen LogP contribution in [0.15, 0.2) is 35.3 Å². The van der Waals surface area contributed by atoms with Crippen LogP contribution in [0.5, 0.6) is 0 Å². The first-order chi connectivity index (χ1) is 11.3. The van der Waals surface area contributed by atoms with Gasteiger partial charge in [-0.1, -0.05) is 30.3 Å². The third-order valence-corrected chi connectivity index (χ3v) is 6.55. The van der Waals surface area contributed by atoms with Crippen LogP contribution >= 0.6 is 35.7 Å². The molecule has 5 nitrogen and oxygen atoms in total. The van der Waals surface area contributed by atoms with Gasteiger partial charge in [0.05, 0.1) is 11.5 Å². The van der Waals surface area contributed by atoms with Gasteiger partial charge >= 0.3 is 0 Å². The van der Waals surface area contributed by atoms with Crippen LogP contribution in [-0.4, -0.2) is 51.3 Å². The van der Waals surface area contributed by atoms with Gasteiger partial charge in [-0.3, -0.25) is 4.99 Å². The van der Waals surface area contributed by atoms with Crippen LogP contribution in [0.4, 0.5) is 0 Å². The molecule has 0 heterocycles. The van der Waals surface area contributed by atoms with E-state index in [0.717, 1.165) is 12.1 Å². The molecule has 0 saturated carbocycles. The Morgan fingerprint density at radius 1 is 1.20 bits per heavy atom. The second-order valence-electron chi connectivity index (χ2n) is 6.25. The molecule has 0 bridgehead atoms. The van der Waals surface area contributed by atoms with Gasteiger partial charge in [0.1, 0.15) is 0 Å². The van der Waals surface area contributed by atoms with Crippen molar-refractivity contribution in [2.45, 2.75) is 30.8 Å². The Morgan fingerprint density at radius 2 is 1.84 bits per heavy atom. The summed E-state index contributed by atoms with van der Waals surface area (Å²) in [6.07, 6.45) is 2.64. The Hall–Kier alpha value is -0.480. The molecule has 0 radical (unpaired) electrons. The van der Waals surface area contributed by atoms with E-state index in [-0.39, 0.29) is 40.2 Å². The van der Waals surface area contributed by atoms with E-state index in [1.165, 1.54) is 0 Å². The number of rotatable bonds is 9. The average Bonchev–Trinajstić information content (AvgIpc) is 2.54. The summed E-state index contributed by atoms with van der Waals surface area (Å²) in [6.45, 7) is 5.69. The molecule has 25 heavy (non-hydrogen) atoms. The number of nitrogens with zero attached hydrogens (tertiary/aromatic N) is 1. The molecule has 0 amide bonds. The summed E-state index contributed by atoms with van der Waals surface area (Å²) in [7, 11) is -1.37. The van der Waals surface area contributed by atoms with Crippen LogP contribution in [0, 0.1) is 0 Å². The zero-order chi connectivity index (χ0) is 18.1. The molecule has 1 rings (SSSR count). The number of thioether (sulfide) groups is 1. The van der Waals surface area contributed by atoms with Gasteiger partial charge in [0.15, 0.2) is 15.8 Å². The second-order valence-corrected chi connectivity index (χ2v) is 9.95. The predicted octanol–water partition coefficient (Wildman–Crippen LogP) is 2.92. The van der Waals surface area contributed by atoms with Crippen LogP contribution in [0.2, 0.25) is 0 Å². The van der Waals surface area contributed by atoms with Crippen molar-refractivity contribution in [2.24, 2.45) is 4.99 Å². The summed E-state index contributed by atoms with van der Waals surface area (Å²) in [5.74, 6) is 0.975. The molecular weight excluding hydrogens is 469 g/mol. The highest BCUT2D eigenvalue weighted by atomic mass is 127. The molecule has 2 N–H and O–H groups in total. The van der Waals surface area contributed by atoms with Crippen molar-refractivity contribution in [3.63, 3.8) is 0 Å². The van der Waals surface area contributed by atoms with Crippen molar-refractivity contribution in [1.29, 1.82) is 0 Å². The van der Waals surface area contributed by atoms with Crippen LogP contribution in [0.1, 0.15) is 25.8 Å². The van der Waals surface area contributed by atoms with E-state index in [2.05, 4.69) is 35.7 Å². The number of guanidine groups is 1. The Morgan fingerprint density at radius 3 is 2.40 bits per heavy atom. The summed E-state index contributed by atoms with van der Waals surface area (Å²) in [6, 6.07) is 9.29. The van der Waals surface area contributed by atoms with E-state index in [1.54, 1.807) is 18.8 Å². The van der Waals surface area contributed by atoms with Crippen molar-refractivity contribution in [2.75, 3.05) is 32.1 Å². The number of halogens is 1. The molecule has 0 atom stereocenters. The molecule has 0 aliphatic heterocycles. The molecule has 8 heteroatoms. The van der Waals surface area contributed by atoms with E-state index < -0.39 is 9.84 Å². The first-order valence-corrected chi connectivity index (χ1v) is 11.1. The fraction of sp³-hybridized carbons (Fsp3) is 0.588. The maximum Gasteiger partial charge on any atom is 0.191 e. The molecule has 0 aromatic heterocycles. The minimum Gasteiger partial charge on any atom is -0.356 e. The lowest BCUT2D eigenvalue weighted by atomic mass is 10.2. The number of sulfone groups is 1. The Balaban J connectivity index is 0.00000576. The largest absolute Gasteiger partial charge is 0.356 e. The van der Waals surface area contributed by atoms with Crippen LogP contribution in [0.25, 0.3) is 0 Å². The normalized spacial score (nSPS) is 12.4. The lowest BCUT2D eigenvalue weighted by Gasteiger charge is -2.23. The average molecular weight is 499 g/mol. The van der Waals surface area contributed by atoms with Gasteiger partial charge < -0.3 is 10.6 Å². The smallest absolute Gasteiger partial charge is 0.191 e. The standard InChI is InChI=1S/C17H29N3O2S2.HI/c1-17(2,23-4)14-20-16(18-3)19-11-8-12-24(21,22)13-15-9-6-5-7-10-15;/h5-7,9-10H,8,11-14H2,1-4H3,(H2,18,19,20);1H. The summed E-state index contributed by atoms with van der Waals surface area (Å²) in [5.41, 5.74) is 0.835. The molecule has 0 aliphatic rings. The highest BCUT2D eigenvalue weighted by Crippen LogP contribution is 2.19. The van der Waals surface area contributed by atoms with Crippen molar-refractivity contribution >= 4 is 51.5 Å². The van der Waals surface area contributed by atoms with Crippen LogP contribution in [0.3, 0.4) is 0 Å². The van der Waals surface area contributed by atoms with Gasteiger partial charge in [-0.2, -0.15) is 11.8 Å². The first-order valence-electron chi connectivity index (χ1n) is 8.02. The maximum absolute atomic E-state index is 12.1. The number of nitrogens with one attached hydrogen (secondary N) is 2. The molecule has 1 aromatic rings. The van der Waals surface area contributed by atoms with Crippen molar-refractivity contribution in [3.8, 4) is 0 Å². The summed E-state index contributed by atoms with van der Waals surface area (Å²) in [5, 5.41) is 6.43. The third kappa shape index (κ3) is 11.0. The minimum atomic E-state index is -3.08. The molecule has 0 saturated heterocycles. The SMILES string of the molecule is CN=C(NCCCS(=O)(=O)Cc1ccccc1)NCC(C)(C)SC.I. The highest BCUT2D eigenvalue weighted by molar-refractivity contribution is 14.0. The summed E-state index contributed by atoms with van der Waals surface area (Å²) < 4.78 is 24.4. The van der Waals surface area contributed by atoms with Crippen molar-refractivity contribution in [1.82, 2.24) is 10.6 Å². The first kappa shape index (κ1) is 24.5. The van der Waals surface area contributed by atoms with Crippen molar-refractivity contribution in [3.05, 3.63) is 35.9 Å². The molecule has 0 fully saturated rings. The number of benzene rings is 1. The molecule has 0 unspecified atom stereocenters. The predicted molar refractivity (Wildman–Crippen MR) is 121 cm³/mol. The van der Waals surface area contributed by atoms with E-state index in [1.807, 2.05) is 30.3 Å². The van der Waals surface area contributed by atoms with Gasteiger partial charge in [0.25, 0.3) is 0 Å². The quantitative estimate of drug-likeness (QED) is 0.237. The Labute approximate surface area is 173 Å². The lowest BCUT2D eigenvalue weighted by molar-refractivity contribution is 0.591. The highest BCUT2D eigenvalue weighted by Gasteiger charge is 2.16. The van der Waals surface area contributed by atoms with Crippen LogP contribution < -0.4 is 10.6 Å². The molecule has 1 aromatic carbocycles. The molecule has 144 valence electrons. The van der Waals surface area contributed by atoms with E-state index in [4.69, 9.17) is 0 Å². The van der Waals surface area contributed by atoms with Crippen molar-refractivity contribution < 1.29 is 8.42 Å². The minimum absolute atomic E-state index is 0. The van der Waals surface area contributed by atoms with Gasteiger partial charge in [-0.15, -0.1) is 24.0 Å². The molecular formula is C17H30IN3O2S2. The monoisotopic (exact) mass is 499 g/mol. The number of hydrogen-bond donors (Lipinski definition) is 2. The lowest BCUT2D eigenvalue weighted by Crippen LogP contribution is -2.43. The van der Waals surface area contributed by atoms with E-state index in [0.29, 0.717) is 18.9 Å². The van der Waals surface area contributed by atoms with E-state index >= 15 is 0 Å². The zero-order valence-corrected chi connectivity index (χ0v) is 19.4. The summed E-state index contributed by atoms with van der Waals surface area (Å²) in [4.78, 5) is 4.16. The fourth-order valence-corrected chi connectivity index (χ4v) is 3.63. The van der Waals surface area contributed by atoms with Gasteiger partial charge in [-0.05, 0) is 32.1 Å². The second kappa shape index (κ2) is 12.0. The van der Waals surface area contributed by atoms with E-state index in [9.17, 15) is 8.42 Å². The van der Waals surface area contributed by atoms with Crippen LogP contribution in [-0.2, 0) is 15.6 Å². The van der Waals surface area contributed by atoms with Gasteiger partial charge in [0, 0.05) is 24.9 Å². The molecule has 0 aliphatic carbocycles. The Kier molecular flexibility index (Phi) is 11.8. The number of hydrogen-bond acceptors (Lipinski definition) is 4. The fourth-order valence-electron chi connectivity index (χ4n) is 1.99. The molecule has 0 spiro atoms. The van der Waals surface area contributed by atoms with Gasteiger partial charge in [-0.25, -0.2) is 8.42 Å².